The molecule has 2 saturated heterocycles. The van der Waals surface area contributed by atoms with Crippen molar-refractivity contribution in [3.63, 3.8) is 0 Å². The van der Waals surface area contributed by atoms with E-state index in [1.807, 2.05) is 13.0 Å². The van der Waals surface area contributed by atoms with Gasteiger partial charge in [0, 0.05) is 49.9 Å². The number of carbonyl (C=O) groups excluding carboxylic acids is 1. The highest BCUT2D eigenvalue weighted by Gasteiger charge is 2.34. The molecule has 0 spiro atoms. The molecule has 2 unspecified atom stereocenters. The average Bonchev–Trinajstić information content (AvgIpc) is 3.38. The first-order valence-electron chi connectivity index (χ1n) is 14.0. The Bertz CT molecular complexity index is 1320. The minimum Gasteiger partial charge on any atom is -0.465 e. The molecule has 39 heavy (non-hydrogen) atoms. The molecule has 0 radical (unpaired) electrons. The molecule has 5 rings (SSSR count). The largest absolute Gasteiger partial charge is 0.465 e. The summed E-state index contributed by atoms with van der Waals surface area (Å²) >= 11 is 0. The normalized spacial score (nSPS) is 20.5. The highest BCUT2D eigenvalue weighted by molar-refractivity contribution is 6.06. The van der Waals surface area contributed by atoms with E-state index in [1.54, 1.807) is 6.92 Å². The molecule has 0 bridgehead atoms. The fourth-order valence-corrected chi connectivity index (χ4v) is 6.00. The van der Waals surface area contributed by atoms with Crippen LogP contribution in [-0.4, -0.2) is 77.8 Å². The minimum absolute atomic E-state index is 0.0460. The second-order valence-electron chi connectivity index (χ2n) is 10.6. The van der Waals surface area contributed by atoms with E-state index in [9.17, 15) is 9.90 Å². The lowest BCUT2D eigenvalue weighted by Crippen LogP contribution is -2.52. The zero-order valence-corrected chi connectivity index (χ0v) is 23.3. The zero-order valence-electron chi connectivity index (χ0n) is 23.3. The lowest BCUT2D eigenvalue weighted by atomic mass is 9.92. The van der Waals surface area contributed by atoms with Gasteiger partial charge in [-0.3, -0.25) is 0 Å². The average molecular weight is 538 g/mol. The van der Waals surface area contributed by atoms with Crippen molar-refractivity contribution in [1.29, 1.82) is 0 Å². The minimum atomic E-state index is -0.416. The summed E-state index contributed by atoms with van der Waals surface area (Å²) in [5.74, 6) is 1.22. The van der Waals surface area contributed by atoms with E-state index in [-0.39, 0.29) is 12.6 Å². The molecule has 10 nitrogen and oxygen atoms in total. The lowest BCUT2D eigenvalue weighted by molar-refractivity contribution is 0.0602. The number of aromatic nitrogens is 3. The predicted octanol–water partition coefficient (Wildman–Crippen LogP) is 3.74. The van der Waals surface area contributed by atoms with Gasteiger partial charge in [0.1, 0.15) is 5.82 Å². The van der Waals surface area contributed by atoms with Gasteiger partial charge in [0.05, 0.1) is 23.8 Å². The summed E-state index contributed by atoms with van der Waals surface area (Å²) in [5.41, 5.74) is 3.75. The van der Waals surface area contributed by atoms with Crippen LogP contribution in [0, 0.1) is 13.8 Å². The number of hydrogen-bond donors (Lipinski definition) is 2. The number of rotatable bonds is 8. The summed E-state index contributed by atoms with van der Waals surface area (Å²) in [7, 11) is 1.39. The lowest BCUT2D eigenvalue weighted by Gasteiger charge is -2.42. The third kappa shape index (κ3) is 5.64. The molecule has 3 aromatic rings. The maximum absolute atomic E-state index is 12.9. The number of fused-ring (bicyclic) bond motifs is 1. The van der Waals surface area contributed by atoms with Crippen LogP contribution in [-0.2, 0) is 15.9 Å². The monoisotopic (exact) mass is 537 g/mol. The number of piperidine rings is 1. The van der Waals surface area contributed by atoms with E-state index in [0.717, 1.165) is 73.9 Å². The second kappa shape index (κ2) is 12.0. The van der Waals surface area contributed by atoms with E-state index in [0.29, 0.717) is 47.1 Å². The molecule has 2 atom stereocenters. The Hall–Kier alpha value is -3.08. The molecule has 2 aromatic heterocycles. The molecule has 0 aliphatic carbocycles. The number of nitrogens with one attached hydrogen (secondary N) is 1. The van der Waals surface area contributed by atoms with E-state index in [4.69, 9.17) is 19.0 Å². The molecular formula is C29H39N5O5. The number of aryl methyl sites for hydroxylation is 3. The molecule has 0 amide bonds. The number of aliphatic hydroxyl groups is 1. The van der Waals surface area contributed by atoms with Gasteiger partial charge in [0.2, 0.25) is 0 Å². The molecule has 2 aliphatic rings. The highest BCUT2D eigenvalue weighted by Crippen LogP contribution is 2.40. The number of carbonyl (C=O) groups is 1. The van der Waals surface area contributed by atoms with Gasteiger partial charge in [-0.05, 0) is 75.6 Å². The first-order chi connectivity index (χ1) is 18.9. The summed E-state index contributed by atoms with van der Waals surface area (Å²) in [6.07, 6.45) is 5.21. The van der Waals surface area contributed by atoms with Crippen molar-refractivity contribution in [2.24, 2.45) is 0 Å². The standard InChI is InChI=1S/C29H39N5O5/c1-5-19-14-23-17(2)25(28-30-18(3)33-39-28)27(32-26(23)24(15-19)29(36)37-4)34-10-6-21(16-22(34)7-11-35)31-20-8-12-38-13-9-20/h14-15,20-22,31,35H,5-13,16H2,1-4H3. The Morgan fingerprint density at radius 3 is 2.64 bits per heavy atom. The molecule has 2 N–H and O–H groups in total. The summed E-state index contributed by atoms with van der Waals surface area (Å²) in [5, 5.41) is 18.8. The number of nitrogens with zero attached hydrogens (tertiary/aromatic N) is 4. The fourth-order valence-electron chi connectivity index (χ4n) is 6.00. The van der Waals surface area contributed by atoms with Gasteiger partial charge in [0.25, 0.3) is 5.89 Å². The molecule has 210 valence electrons. The van der Waals surface area contributed by atoms with Gasteiger partial charge >= 0.3 is 5.97 Å². The van der Waals surface area contributed by atoms with E-state index in [1.165, 1.54) is 7.11 Å². The number of hydrogen-bond acceptors (Lipinski definition) is 10. The van der Waals surface area contributed by atoms with Crippen molar-refractivity contribution in [3.8, 4) is 11.5 Å². The van der Waals surface area contributed by atoms with Crippen molar-refractivity contribution >= 4 is 22.7 Å². The number of aliphatic hydroxyl groups excluding tert-OH is 1. The number of methoxy groups -OCH3 is 1. The summed E-state index contributed by atoms with van der Waals surface area (Å²) in [4.78, 5) is 24.9. The number of benzene rings is 1. The van der Waals surface area contributed by atoms with Crippen molar-refractivity contribution in [2.75, 3.05) is 38.4 Å². The Morgan fingerprint density at radius 1 is 1.18 bits per heavy atom. The van der Waals surface area contributed by atoms with Crippen LogP contribution >= 0.6 is 0 Å². The number of esters is 1. The first kappa shape index (κ1) is 27.5. The maximum atomic E-state index is 12.9. The van der Waals surface area contributed by atoms with E-state index < -0.39 is 5.97 Å². The second-order valence-corrected chi connectivity index (χ2v) is 10.6. The highest BCUT2D eigenvalue weighted by atomic mass is 16.5. The van der Waals surface area contributed by atoms with Gasteiger partial charge in [-0.15, -0.1) is 0 Å². The van der Waals surface area contributed by atoms with Crippen LogP contribution in [0.2, 0.25) is 0 Å². The molecule has 2 aliphatic heterocycles. The Kier molecular flexibility index (Phi) is 8.44. The number of pyridine rings is 1. The Balaban J connectivity index is 1.61. The van der Waals surface area contributed by atoms with Crippen molar-refractivity contribution in [2.45, 2.75) is 77.4 Å². The van der Waals surface area contributed by atoms with Crippen LogP contribution in [0.1, 0.15) is 66.3 Å². The van der Waals surface area contributed by atoms with Gasteiger partial charge < -0.3 is 29.3 Å². The van der Waals surface area contributed by atoms with Crippen LogP contribution in [0.25, 0.3) is 22.4 Å². The Labute approximate surface area is 229 Å². The molecule has 10 heteroatoms. The summed E-state index contributed by atoms with van der Waals surface area (Å²) in [6.45, 7) is 8.27. The molecule has 4 heterocycles. The van der Waals surface area contributed by atoms with Crippen LogP contribution in [0.4, 0.5) is 5.82 Å². The van der Waals surface area contributed by atoms with Gasteiger partial charge in [-0.25, -0.2) is 9.78 Å². The van der Waals surface area contributed by atoms with Gasteiger partial charge in [-0.1, -0.05) is 12.1 Å². The van der Waals surface area contributed by atoms with E-state index in [2.05, 4.69) is 33.3 Å². The summed E-state index contributed by atoms with van der Waals surface area (Å²) < 4.78 is 16.4. The van der Waals surface area contributed by atoms with Crippen molar-refractivity contribution in [1.82, 2.24) is 20.4 Å². The Morgan fingerprint density at radius 2 is 1.97 bits per heavy atom. The maximum Gasteiger partial charge on any atom is 0.340 e. The third-order valence-electron chi connectivity index (χ3n) is 8.09. The molecular weight excluding hydrogens is 498 g/mol. The number of anilines is 1. The quantitative estimate of drug-likeness (QED) is 0.411. The first-order valence-corrected chi connectivity index (χ1v) is 14.0. The van der Waals surface area contributed by atoms with Crippen LogP contribution in [0.15, 0.2) is 16.7 Å². The topological polar surface area (TPSA) is 123 Å². The molecule has 2 fully saturated rings. The summed E-state index contributed by atoms with van der Waals surface area (Å²) in [6, 6.07) is 4.80. The molecule has 0 saturated carbocycles. The van der Waals surface area contributed by atoms with Crippen molar-refractivity contribution < 1.29 is 23.9 Å². The smallest absolute Gasteiger partial charge is 0.340 e. The van der Waals surface area contributed by atoms with E-state index >= 15 is 0 Å². The molecule has 1 aromatic carbocycles. The van der Waals surface area contributed by atoms with Crippen LogP contribution < -0.4 is 10.2 Å². The van der Waals surface area contributed by atoms with Gasteiger partial charge in [0.15, 0.2) is 5.82 Å². The zero-order chi connectivity index (χ0) is 27.5. The van der Waals surface area contributed by atoms with Gasteiger partial charge in [-0.2, -0.15) is 4.98 Å². The van der Waals surface area contributed by atoms with Crippen LogP contribution in [0.3, 0.4) is 0 Å². The predicted molar refractivity (Wildman–Crippen MR) is 148 cm³/mol. The van der Waals surface area contributed by atoms with Crippen molar-refractivity contribution in [3.05, 3.63) is 34.6 Å². The fraction of sp³-hybridized carbons (Fsp3) is 0.586. The SMILES string of the molecule is CCc1cc(C(=O)OC)c2nc(N3CCC(NC4CCOCC4)CC3CCO)c(-c3nc(C)no3)c(C)c2c1. The van der Waals surface area contributed by atoms with Crippen LogP contribution in [0.5, 0.6) is 0 Å². The third-order valence-corrected chi connectivity index (χ3v) is 8.09. The number of ether oxygens (including phenoxy) is 2.